The van der Waals surface area contributed by atoms with Crippen molar-refractivity contribution in [2.45, 2.75) is 25.3 Å². The van der Waals surface area contributed by atoms with Crippen LogP contribution in [0, 0.1) is 13.8 Å². The summed E-state index contributed by atoms with van der Waals surface area (Å²) < 4.78 is 27.0. The minimum absolute atomic E-state index is 0.216. The molecule has 0 fully saturated rings. The maximum Gasteiger partial charge on any atom is 0.263 e. The third kappa shape index (κ3) is 2.91. The molecule has 0 saturated heterocycles. The summed E-state index contributed by atoms with van der Waals surface area (Å²) in [6.45, 7) is 3.96. The Balaban J connectivity index is 2.45. The van der Waals surface area contributed by atoms with Crippen LogP contribution < -0.4 is 10.5 Å². The molecule has 1 aromatic carbocycles. The van der Waals surface area contributed by atoms with Crippen LogP contribution in [0.15, 0.2) is 22.5 Å². The largest absolute Gasteiger partial charge is 0.326 e. The van der Waals surface area contributed by atoms with Gasteiger partial charge in [-0.05, 0) is 36.6 Å². The van der Waals surface area contributed by atoms with E-state index in [2.05, 4.69) is 14.9 Å². The number of nitrogens with zero attached hydrogens (tertiary/aromatic N) is 2. The molecule has 2 rings (SSSR count). The van der Waals surface area contributed by atoms with Crippen LogP contribution in [0.2, 0.25) is 0 Å². The molecule has 0 amide bonds. The van der Waals surface area contributed by atoms with Crippen molar-refractivity contribution in [1.29, 1.82) is 0 Å². The molecule has 0 aliphatic carbocycles. The second-order valence-electron chi connectivity index (χ2n) is 4.10. The van der Waals surface area contributed by atoms with Gasteiger partial charge in [0, 0.05) is 6.54 Å². The minimum Gasteiger partial charge on any atom is -0.326 e. The Hall–Kier alpha value is -1.51. The van der Waals surface area contributed by atoms with Crippen molar-refractivity contribution in [2.75, 3.05) is 4.72 Å². The third-order valence-corrected chi connectivity index (χ3v) is 4.94. The molecule has 3 N–H and O–H groups in total. The van der Waals surface area contributed by atoms with Gasteiger partial charge in [-0.15, -0.1) is 10.2 Å². The van der Waals surface area contributed by atoms with Crippen molar-refractivity contribution >= 4 is 26.5 Å². The number of anilines is 1. The van der Waals surface area contributed by atoms with Gasteiger partial charge < -0.3 is 5.73 Å². The number of nitrogens with two attached hydrogens (primary N) is 1. The molecular weight excluding hydrogens is 284 g/mol. The van der Waals surface area contributed by atoms with E-state index in [4.69, 9.17) is 5.73 Å². The first-order valence-corrected chi connectivity index (χ1v) is 7.89. The van der Waals surface area contributed by atoms with Crippen LogP contribution >= 0.6 is 11.3 Å². The maximum atomic E-state index is 12.3. The van der Waals surface area contributed by atoms with Crippen LogP contribution in [-0.2, 0) is 16.6 Å². The topological polar surface area (TPSA) is 98.0 Å². The monoisotopic (exact) mass is 298 g/mol. The van der Waals surface area contributed by atoms with Crippen LogP contribution in [0.3, 0.4) is 0 Å². The summed E-state index contributed by atoms with van der Waals surface area (Å²) in [5.41, 5.74) is 9.54. The zero-order valence-corrected chi connectivity index (χ0v) is 12.2. The summed E-state index contributed by atoms with van der Waals surface area (Å²) in [7, 11) is -3.66. The fourth-order valence-electron chi connectivity index (χ4n) is 1.77. The molecule has 0 bridgehead atoms. The van der Waals surface area contributed by atoms with E-state index in [0.29, 0.717) is 12.1 Å². The summed E-state index contributed by atoms with van der Waals surface area (Å²) >= 11 is 1.13. The molecule has 1 heterocycles. The Kier molecular flexibility index (Phi) is 3.83. The van der Waals surface area contributed by atoms with Gasteiger partial charge in [-0.1, -0.05) is 17.4 Å². The smallest absolute Gasteiger partial charge is 0.263 e. The number of sulfonamides is 1. The molecule has 0 aliphatic heterocycles. The van der Waals surface area contributed by atoms with Crippen LogP contribution in [0.4, 0.5) is 5.13 Å². The molecule has 102 valence electrons. The number of aryl methyl sites for hydroxylation is 2. The van der Waals surface area contributed by atoms with Gasteiger partial charge in [-0.3, -0.25) is 4.72 Å². The van der Waals surface area contributed by atoms with E-state index in [-0.39, 0.29) is 10.0 Å². The van der Waals surface area contributed by atoms with Crippen LogP contribution in [0.25, 0.3) is 0 Å². The first-order chi connectivity index (χ1) is 8.94. The Morgan fingerprint density at radius 1 is 1.32 bits per heavy atom. The van der Waals surface area contributed by atoms with Gasteiger partial charge in [0.15, 0.2) is 0 Å². The molecule has 0 spiro atoms. The Labute approximate surface area is 115 Å². The normalized spacial score (nSPS) is 11.5. The Morgan fingerprint density at radius 2 is 2.05 bits per heavy atom. The molecule has 2 aromatic rings. The molecule has 6 nitrogen and oxygen atoms in total. The summed E-state index contributed by atoms with van der Waals surface area (Å²) in [6.07, 6.45) is 0. The lowest BCUT2D eigenvalue weighted by atomic mass is 10.1. The van der Waals surface area contributed by atoms with Crippen LogP contribution in [0.5, 0.6) is 0 Å². The van der Waals surface area contributed by atoms with Crippen molar-refractivity contribution in [2.24, 2.45) is 5.73 Å². The van der Waals surface area contributed by atoms with E-state index >= 15 is 0 Å². The number of hydrogen-bond donors (Lipinski definition) is 2. The highest BCUT2D eigenvalue weighted by atomic mass is 32.2. The maximum absolute atomic E-state index is 12.3. The van der Waals surface area contributed by atoms with Crippen molar-refractivity contribution in [3.8, 4) is 0 Å². The highest BCUT2D eigenvalue weighted by Gasteiger charge is 2.19. The number of rotatable bonds is 4. The van der Waals surface area contributed by atoms with Gasteiger partial charge in [0.05, 0.1) is 4.90 Å². The summed E-state index contributed by atoms with van der Waals surface area (Å²) in [4.78, 5) is 0.216. The van der Waals surface area contributed by atoms with Gasteiger partial charge in [0.2, 0.25) is 5.13 Å². The zero-order valence-electron chi connectivity index (χ0n) is 10.5. The molecule has 0 radical (unpaired) electrons. The minimum atomic E-state index is -3.66. The van der Waals surface area contributed by atoms with E-state index in [1.54, 1.807) is 13.0 Å². The second kappa shape index (κ2) is 5.24. The van der Waals surface area contributed by atoms with Crippen molar-refractivity contribution in [3.05, 3.63) is 34.3 Å². The highest BCUT2D eigenvalue weighted by molar-refractivity contribution is 7.93. The molecule has 8 heteroatoms. The van der Waals surface area contributed by atoms with E-state index in [1.165, 1.54) is 5.51 Å². The van der Waals surface area contributed by atoms with Crippen molar-refractivity contribution in [1.82, 2.24) is 10.2 Å². The first kappa shape index (κ1) is 13.9. The van der Waals surface area contributed by atoms with Gasteiger partial charge >= 0.3 is 0 Å². The molecule has 19 heavy (non-hydrogen) atoms. The SMILES string of the molecule is Cc1cc(C)c(S(=O)(=O)Nc2nncs2)cc1CN. The van der Waals surface area contributed by atoms with Crippen molar-refractivity contribution < 1.29 is 8.42 Å². The van der Waals surface area contributed by atoms with Crippen LogP contribution in [0.1, 0.15) is 16.7 Å². The number of aromatic nitrogens is 2. The molecule has 1 aromatic heterocycles. The predicted octanol–water partition coefficient (Wildman–Crippen LogP) is 1.41. The van der Waals surface area contributed by atoms with Gasteiger partial charge in [-0.2, -0.15) is 0 Å². The lowest BCUT2D eigenvalue weighted by molar-refractivity contribution is 0.600. The van der Waals surface area contributed by atoms with E-state index in [9.17, 15) is 8.42 Å². The molecule has 0 aliphatic rings. The zero-order chi connectivity index (χ0) is 14.0. The lowest BCUT2D eigenvalue weighted by Gasteiger charge is -2.12. The predicted molar refractivity (Wildman–Crippen MR) is 74.5 cm³/mol. The van der Waals surface area contributed by atoms with Crippen LogP contribution in [-0.4, -0.2) is 18.6 Å². The quantitative estimate of drug-likeness (QED) is 0.889. The molecular formula is C11H14N4O2S2. The number of hydrogen-bond acceptors (Lipinski definition) is 6. The molecule has 0 unspecified atom stereocenters. The second-order valence-corrected chi connectivity index (χ2v) is 6.58. The Bertz CT molecular complexity index is 681. The highest BCUT2D eigenvalue weighted by Crippen LogP contribution is 2.23. The average Bonchev–Trinajstić information content (AvgIpc) is 2.80. The molecule has 0 atom stereocenters. The van der Waals surface area contributed by atoms with Gasteiger partial charge in [0.25, 0.3) is 10.0 Å². The summed E-state index contributed by atoms with van der Waals surface area (Å²) in [5.74, 6) is 0. The number of benzene rings is 1. The van der Waals surface area contributed by atoms with E-state index < -0.39 is 10.0 Å². The number of nitrogens with one attached hydrogen (secondary N) is 1. The first-order valence-electron chi connectivity index (χ1n) is 5.53. The Morgan fingerprint density at radius 3 is 2.63 bits per heavy atom. The van der Waals surface area contributed by atoms with E-state index in [1.807, 2.05) is 13.0 Å². The summed E-state index contributed by atoms with van der Waals surface area (Å²) in [5, 5.41) is 7.51. The standard InChI is InChI=1S/C11H14N4O2S2/c1-7-3-8(2)10(4-9(7)5-12)19(16,17)15-11-14-13-6-18-11/h3-4,6H,5,12H2,1-2H3,(H,14,15). The molecule has 0 saturated carbocycles. The fraction of sp³-hybridized carbons (Fsp3) is 0.273. The lowest BCUT2D eigenvalue weighted by Crippen LogP contribution is -2.15. The third-order valence-electron chi connectivity index (χ3n) is 2.72. The van der Waals surface area contributed by atoms with Crippen molar-refractivity contribution in [3.63, 3.8) is 0 Å². The van der Waals surface area contributed by atoms with E-state index in [0.717, 1.165) is 22.5 Å². The van der Waals surface area contributed by atoms with Gasteiger partial charge in [-0.25, -0.2) is 8.42 Å². The fourth-order valence-corrected chi connectivity index (χ4v) is 3.74. The average molecular weight is 298 g/mol. The van der Waals surface area contributed by atoms with Gasteiger partial charge in [0.1, 0.15) is 5.51 Å². The summed E-state index contributed by atoms with van der Waals surface area (Å²) in [6, 6.07) is 3.42.